The van der Waals surface area contributed by atoms with Crippen LogP contribution in [0.4, 0.5) is 0 Å². The number of hydrogen-bond donors (Lipinski definition) is 1. The fourth-order valence-corrected chi connectivity index (χ4v) is 4.30. The minimum absolute atomic E-state index is 0.226. The molecular weight excluding hydrogens is 290 g/mol. The molecule has 118 valence electrons. The molecule has 1 atom stereocenters. The Kier molecular flexibility index (Phi) is 5.24. The van der Waals surface area contributed by atoms with E-state index in [0.717, 1.165) is 12.8 Å². The van der Waals surface area contributed by atoms with E-state index in [1.165, 1.54) is 10.4 Å². The summed E-state index contributed by atoms with van der Waals surface area (Å²) >= 11 is 0. The third-order valence-electron chi connectivity index (χ3n) is 3.76. The van der Waals surface area contributed by atoms with Crippen molar-refractivity contribution in [1.82, 2.24) is 4.31 Å². The largest absolute Gasteiger partial charge is 0.494 e. The molecule has 0 amide bonds. The van der Waals surface area contributed by atoms with Gasteiger partial charge in [-0.2, -0.15) is 4.31 Å². The summed E-state index contributed by atoms with van der Waals surface area (Å²) in [6.45, 7) is 5.27. The maximum atomic E-state index is 12.7. The lowest BCUT2D eigenvalue weighted by Gasteiger charge is -2.30. The van der Waals surface area contributed by atoms with Crippen LogP contribution in [-0.4, -0.2) is 37.5 Å². The molecule has 1 aromatic rings. The number of rotatable bonds is 5. The monoisotopic (exact) mass is 313 g/mol. The standard InChI is InChI=1S/C15H23NO4S/c1-3-20-15-7-6-14(9-13(15)11-17)21(18,19)16-8-4-5-12(2)10-16/h6-7,9,12,17H,3-5,8,10-11H2,1-2H3. The first-order chi connectivity index (χ1) is 9.98. The van der Waals surface area contributed by atoms with Gasteiger partial charge in [0.05, 0.1) is 18.1 Å². The van der Waals surface area contributed by atoms with Gasteiger partial charge in [-0.05, 0) is 43.9 Å². The number of benzene rings is 1. The number of ether oxygens (including phenoxy) is 1. The average molecular weight is 313 g/mol. The van der Waals surface area contributed by atoms with Crippen LogP contribution in [0.5, 0.6) is 5.75 Å². The molecule has 1 heterocycles. The first-order valence-corrected chi connectivity index (χ1v) is 8.79. The number of aliphatic hydroxyl groups is 1. The Morgan fingerprint density at radius 1 is 1.43 bits per heavy atom. The highest BCUT2D eigenvalue weighted by Crippen LogP contribution is 2.27. The Balaban J connectivity index is 2.31. The lowest BCUT2D eigenvalue weighted by Crippen LogP contribution is -2.39. The lowest BCUT2D eigenvalue weighted by atomic mass is 10.0. The summed E-state index contributed by atoms with van der Waals surface area (Å²) in [5.74, 6) is 0.916. The average Bonchev–Trinajstić information content (AvgIpc) is 2.47. The van der Waals surface area contributed by atoms with Crippen LogP contribution in [-0.2, 0) is 16.6 Å². The van der Waals surface area contributed by atoms with Crippen LogP contribution in [0.15, 0.2) is 23.1 Å². The molecule has 1 unspecified atom stereocenters. The van der Waals surface area contributed by atoms with E-state index >= 15 is 0 Å². The molecule has 2 rings (SSSR count). The van der Waals surface area contributed by atoms with E-state index in [9.17, 15) is 13.5 Å². The summed E-state index contributed by atoms with van der Waals surface area (Å²) in [6, 6.07) is 4.69. The summed E-state index contributed by atoms with van der Waals surface area (Å²) in [6.07, 6.45) is 1.96. The van der Waals surface area contributed by atoms with Gasteiger partial charge in [-0.25, -0.2) is 8.42 Å². The molecular formula is C15H23NO4S. The fourth-order valence-electron chi connectivity index (χ4n) is 2.65. The van der Waals surface area contributed by atoms with Gasteiger partial charge in [0, 0.05) is 18.7 Å². The zero-order valence-electron chi connectivity index (χ0n) is 12.6. The van der Waals surface area contributed by atoms with E-state index in [2.05, 4.69) is 6.92 Å². The number of sulfonamides is 1. The van der Waals surface area contributed by atoms with Crippen molar-refractivity contribution in [2.45, 2.75) is 38.2 Å². The molecule has 1 aliphatic rings. The minimum atomic E-state index is -3.49. The summed E-state index contributed by atoms with van der Waals surface area (Å²) in [5, 5.41) is 9.40. The highest BCUT2D eigenvalue weighted by Gasteiger charge is 2.29. The van der Waals surface area contributed by atoms with Crippen molar-refractivity contribution in [2.24, 2.45) is 5.92 Å². The van der Waals surface area contributed by atoms with Crippen molar-refractivity contribution in [3.05, 3.63) is 23.8 Å². The minimum Gasteiger partial charge on any atom is -0.494 e. The molecule has 0 saturated carbocycles. The van der Waals surface area contributed by atoms with Crippen molar-refractivity contribution in [3.8, 4) is 5.75 Å². The molecule has 0 bridgehead atoms. The van der Waals surface area contributed by atoms with Gasteiger partial charge in [0.2, 0.25) is 10.0 Å². The summed E-state index contributed by atoms with van der Waals surface area (Å²) in [7, 11) is -3.49. The lowest BCUT2D eigenvalue weighted by molar-refractivity contribution is 0.266. The number of aliphatic hydroxyl groups excluding tert-OH is 1. The zero-order chi connectivity index (χ0) is 15.5. The Labute approximate surface area is 126 Å². The van der Waals surface area contributed by atoms with Crippen LogP contribution in [0.1, 0.15) is 32.3 Å². The molecule has 0 aromatic heterocycles. The molecule has 1 saturated heterocycles. The second kappa shape index (κ2) is 6.77. The molecule has 0 aliphatic carbocycles. The second-order valence-electron chi connectivity index (χ2n) is 5.47. The van der Waals surface area contributed by atoms with Crippen LogP contribution in [0.25, 0.3) is 0 Å². The van der Waals surface area contributed by atoms with Crippen molar-refractivity contribution in [1.29, 1.82) is 0 Å². The second-order valence-corrected chi connectivity index (χ2v) is 7.41. The van der Waals surface area contributed by atoms with Gasteiger partial charge in [0.15, 0.2) is 0 Å². The summed E-state index contributed by atoms with van der Waals surface area (Å²) in [5.41, 5.74) is 0.503. The molecule has 1 N–H and O–H groups in total. The van der Waals surface area contributed by atoms with Crippen LogP contribution in [0.2, 0.25) is 0 Å². The van der Waals surface area contributed by atoms with Gasteiger partial charge < -0.3 is 9.84 Å². The molecule has 1 aliphatic heterocycles. The van der Waals surface area contributed by atoms with E-state index in [0.29, 0.717) is 36.9 Å². The molecule has 1 aromatic carbocycles. The molecule has 21 heavy (non-hydrogen) atoms. The SMILES string of the molecule is CCOc1ccc(S(=O)(=O)N2CCCC(C)C2)cc1CO. The predicted octanol–water partition coefficient (Wildman–Crippen LogP) is 2.00. The van der Waals surface area contributed by atoms with Gasteiger partial charge in [-0.1, -0.05) is 6.92 Å². The quantitative estimate of drug-likeness (QED) is 0.903. The van der Waals surface area contributed by atoms with Crippen LogP contribution in [0.3, 0.4) is 0 Å². The molecule has 1 fully saturated rings. The van der Waals surface area contributed by atoms with Crippen molar-refractivity contribution < 1.29 is 18.3 Å². The van der Waals surface area contributed by atoms with E-state index in [1.807, 2.05) is 6.92 Å². The van der Waals surface area contributed by atoms with E-state index in [4.69, 9.17) is 4.74 Å². The molecule has 0 spiro atoms. The zero-order valence-corrected chi connectivity index (χ0v) is 13.4. The van der Waals surface area contributed by atoms with Crippen LogP contribution >= 0.6 is 0 Å². The predicted molar refractivity (Wildman–Crippen MR) is 80.7 cm³/mol. The molecule has 0 radical (unpaired) electrons. The fraction of sp³-hybridized carbons (Fsp3) is 0.600. The Hall–Kier alpha value is -1.11. The number of piperidine rings is 1. The van der Waals surface area contributed by atoms with Crippen molar-refractivity contribution in [2.75, 3.05) is 19.7 Å². The highest BCUT2D eigenvalue weighted by atomic mass is 32.2. The van der Waals surface area contributed by atoms with E-state index < -0.39 is 10.0 Å². The third kappa shape index (κ3) is 3.56. The van der Waals surface area contributed by atoms with Crippen LogP contribution in [0, 0.1) is 5.92 Å². The summed E-state index contributed by atoms with van der Waals surface area (Å²) < 4.78 is 32.3. The smallest absolute Gasteiger partial charge is 0.243 e. The van der Waals surface area contributed by atoms with Gasteiger partial charge in [-0.3, -0.25) is 0 Å². The van der Waals surface area contributed by atoms with Crippen LogP contribution < -0.4 is 4.74 Å². The van der Waals surface area contributed by atoms with Crippen molar-refractivity contribution in [3.63, 3.8) is 0 Å². The van der Waals surface area contributed by atoms with Gasteiger partial charge >= 0.3 is 0 Å². The number of nitrogens with zero attached hydrogens (tertiary/aromatic N) is 1. The molecule has 5 nitrogen and oxygen atoms in total. The van der Waals surface area contributed by atoms with Gasteiger partial charge in [-0.15, -0.1) is 0 Å². The molecule has 6 heteroatoms. The number of hydrogen-bond acceptors (Lipinski definition) is 4. The topological polar surface area (TPSA) is 66.8 Å². The highest BCUT2D eigenvalue weighted by molar-refractivity contribution is 7.89. The Morgan fingerprint density at radius 3 is 2.81 bits per heavy atom. The Bertz CT molecular complexity index is 585. The normalized spacial score (nSPS) is 20.4. The van der Waals surface area contributed by atoms with E-state index in [-0.39, 0.29) is 11.5 Å². The third-order valence-corrected chi connectivity index (χ3v) is 5.62. The van der Waals surface area contributed by atoms with Gasteiger partial charge in [0.1, 0.15) is 5.75 Å². The summed E-state index contributed by atoms with van der Waals surface area (Å²) in [4.78, 5) is 0.226. The van der Waals surface area contributed by atoms with Gasteiger partial charge in [0.25, 0.3) is 0 Å². The van der Waals surface area contributed by atoms with Crippen molar-refractivity contribution >= 4 is 10.0 Å². The maximum absolute atomic E-state index is 12.7. The first kappa shape index (κ1) is 16.3. The first-order valence-electron chi connectivity index (χ1n) is 7.35. The maximum Gasteiger partial charge on any atom is 0.243 e. The Morgan fingerprint density at radius 2 is 2.19 bits per heavy atom. The van der Waals surface area contributed by atoms with E-state index in [1.54, 1.807) is 12.1 Å².